The lowest BCUT2D eigenvalue weighted by Crippen LogP contribution is -2.22. The van der Waals surface area contributed by atoms with Crippen molar-refractivity contribution in [2.24, 2.45) is 10.7 Å². The maximum Gasteiger partial charge on any atom is 0.198 e. The van der Waals surface area contributed by atoms with E-state index in [0.717, 1.165) is 11.4 Å². The lowest BCUT2D eigenvalue weighted by atomic mass is 9.87. The number of nitrogens with one attached hydrogen (secondary N) is 1. The third kappa shape index (κ3) is 4.85. The zero-order valence-corrected chi connectivity index (χ0v) is 15.6. The molecule has 2 rings (SSSR count). The van der Waals surface area contributed by atoms with Crippen molar-refractivity contribution in [1.82, 2.24) is 0 Å². The zero-order valence-electron chi connectivity index (χ0n) is 15.6. The largest absolute Gasteiger partial charge is 0.369 e. The normalized spacial score (nSPS) is 13.0. The van der Waals surface area contributed by atoms with Gasteiger partial charge in [0.05, 0.1) is 5.69 Å². The second kappa shape index (κ2) is 6.68. The van der Waals surface area contributed by atoms with Crippen LogP contribution in [0.2, 0.25) is 0 Å². The van der Waals surface area contributed by atoms with Crippen LogP contribution in [0.15, 0.2) is 53.5 Å². The molecular formula is C21H29N3. The summed E-state index contributed by atoms with van der Waals surface area (Å²) in [6.07, 6.45) is 0. The quantitative estimate of drug-likeness (QED) is 0.579. The lowest BCUT2D eigenvalue weighted by Gasteiger charge is -2.20. The Kier molecular flexibility index (Phi) is 5.02. The van der Waals surface area contributed by atoms with E-state index in [1.165, 1.54) is 11.1 Å². The molecule has 0 radical (unpaired) electrons. The molecule has 24 heavy (non-hydrogen) atoms. The molecule has 0 spiro atoms. The van der Waals surface area contributed by atoms with Gasteiger partial charge in [0.25, 0.3) is 0 Å². The summed E-state index contributed by atoms with van der Waals surface area (Å²) >= 11 is 0. The van der Waals surface area contributed by atoms with Gasteiger partial charge in [0.2, 0.25) is 0 Å². The van der Waals surface area contributed by atoms with Crippen molar-refractivity contribution >= 4 is 17.3 Å². The van der Waals surface area contributed by atoms with Crippen molar-refractivity contribution in [2.75, 3.05) is 5.32 Å². The van der Waals surface area contributed by atoms with Gasteiger partial charge in [0.15, 0.2) is 5.96 Å². The average molecular weight is 323 g/mol. The van der Waals surface area contributed by atoms with Crippen LogP contribution in [0.1, 0.15) is 52.7 Å². The van der Waals surface area contributed by atoms with E-state index in [0.29, 0.717) is 5.96 Å². The van der Waals surface area contributed by atoms with Crippen LogP contribution in [-0.4, -0.2) is 5.96 Å². The van der Waals surface area contributed by atoms with Crippen molar-refractivity contribution in [1.29, 1.82) is 0 Å². The van der Waals surface area contributed by atoms with Gasteiger partial charge in [-0.25, -0.2) is 4.99 Å². The van der Waals surface area contributed by atoms with Crippen molar-refractivity contribution < 1.29 is 0 Å². The first-order valence-corrected chi connectivity index (χ1v) is 8.38. The van der Waals surface area contributed by atoms with Crippen LogP contribution < -0.4 is 11.1 Å². The summed E-state index contributed by atoms with van der Waals surface area (Å²) in [7, 11) is 0. The minimum Gasteiger partial charge on any atom is -0.369 e. The van der Waals surface area contributed by atoms with Gasteiger partial charge in [-0.15, -0.1) is 0 Å². The third-order valence-electron chi connectivity index (χ3n) is 3.96. The van der Waals surface area contributed by atoms with Crippen LogP contribution >= 0.6 is 0 Å². The molecule has 3 nitrogen and oxygen atoms in total. The fourth-order valence-corrected chi connectivity index (χ4v) is 2.42. The van der Waals surface area contributed by atoms with E-state index in [1.54, 1.807) is 0 Å². The highest BCUT2D eigenvalue weighted by Crippen LogP contribution is 2.26. The Bertz CT molecular complexity index is 731. The lowest BCUT2D eigenvalue weighted by molar-refractivity contribution is 0.590. The maximum absolute atomic E-state index is 6.09. The van der Waals surface area contributed by atoms with Crippen molar-refractivity contribution in [3.05, 3.63) is 59.7 Å². The second-order valence-corrected chi connectivity index (χ2v) is 8.25. The van der Waals surface area contributed by atoms with E-state index >= 15 is 0 Å². The number of anilines is 1. The molecule has 0 saturated heterocycles. The van der Waals surface area contributed by atoms with Gasteiger partial charge in [-0.1, -0.05) is 65.8 Å². The molecule has 2 aromatic rings. The fraction of sp³-hybridized carbons (Fsp3) is 0.381. The maximum atomic E-state index is 6.09. The zero-order chi connectivity index (χ0) is 18.0. The molecule has 0 unspecified atom stereocenters. The summed E-state index contributed by atoms with van der Waals surface area (Å²) in [4.78, 5) is 4.50. The smallest absolute Gasteiger partial charge is 0.198 e. The Labute approximate surface area is 146 Å². The minimum absolute atomic E-state index is 0.0920. The highest BCUT2D eigenvalue weighted by atomic mass is 15.1. The van der Waals surface area contributed by atoms with E-state index < -0.39 is 0 Å². The number of aliphatic imine (C=N–C) groups is 1. The number of rotatable bonds is 2. The monoisotopic (exact) mass is 323 g/mol. The predicted molar refractivity (Wildman–Crippen MR) is 105 cm³/mol. The first-order chi connectivity index (χ1) is 11.1. The van der Waals surface area contributed by atoms with Gasteiger partial charge in [0.1, 0.15) is 0 Å². The predicted octanol–water partition coefficient (Wildman–Crippen LogP) is 5.34. The van der Waals surface area contributed by atoms with Crippen LogP contribution in [-0.2, 0) is 10.8 Å². The van der Waals surface area contributed by atoms with E-state index in [4.69, 9.17) is 5.73 Å². The number of benzene rings is 2. The Balaban J connectivity index is 2.21. The van der Waals surface area contributed by atoms with Crippen molar-refractivity contribution in [2.45, 2.75) is 52.4 Å². The Morgan fingerprint density at radius 2 is 1.38 bits per heavy atom. The fourth-order valence-electron chi connectivity index (χ4n) is 2.42. The molecular weight excluding hydrogens is 294 g/mol. The van der Waals surface area contributed by atoms with Crippen LogP contribution in [0.3, 0.4) is 0 Å². The van der Waals surface area contributed by atoms with Gasteiger partial charge in [0, 0.05) is 5.69 Å². The molecule has 0 aliphatic heterocycles. The van der Waals surface area contributed by atoms with Gasteiger partial charge < -0.3 is 11.1 Å². The van der Waals surface area contributed by atoms with E-state index in [2.05, 4.69) is 76.1 Å². The van der Waals surface area contributed by atoms with Crippen molar-refractivity contribution in [3.63, 3.8) is 0 Å². The van der Waals surface area contributed by atoms with Crippen LogP contribution in [0.25, 0.3) is 0 Å². The first-order valence-electron chi connectivity index (χ1n) is 8.38. The molecule has 0 fully saturated rings. The summed E-state index contributed by atoms with van der Waals surface area (Å²) in [5.41, 5.74) is 10.6. The molecule has 3 N–H and O–H groups in total. The third-order valence-corrected chi connectivity index (χ3v) is 3.96. The molecule has 0 atom stereocenters. The summed E-state index contributed by atoms with van der Waals surface area (Å²) in [6, 6.07) is 16.5. The highest BCUT2D eigenvalue weighted by Gasteiger charge is 2.14. The van der Waals surface area contributed by atoms with E-state index in [9.17, 15) is 0 Å². The number of nitrogens with two attached hydrogens (primary N) is 1. The summed E-state index contributed by atoms with van der Waals surface area (Å²) in [5.74, 6) is 0.395. The molecule has 0 heterocycles. The highest BCUT2D eigenvalue weighted by molar-refractivity contribution is 5.94. The van der Waals surface area contributed by atoms with Gasteiger partial charge in [-0.3, -0.25) is 0 Å². The summed E-state index contributed by atoms with van der Waals surface area (Å²) < 4.78 is 0. The van der Waals surface area contributed by atoms with Gasteiger partial charge in [-0.2, -0.15) is 0 Å². The van der Waals surface area contributed by atoms with Crippen molar-refractivity contribution in [3.8, 4) is 0 Å². The number of guanidine groups is 1. The van der Waals surface area contributed by atoms with Crippen LogP contribution in [0.4, 0.5) is 11.4 Å². The Hall–Kier alpha value is -2.29. The SMILES string of the molecule is CC(C)(C)c1cccc(N=C(N)Nc2cccc(C(C)(C)C)c2)c1. The van der Waals surface area contributed by atoms with Gasteiger partial charge in [-0.05, 0) is 46.2 Å². The minimum atomic E-state index is 0.0920. The molecule has 0 amide bonds. The molecule has 3 heteroatoms. The molecule has 0 bridgehead atoms. The Morgan fingerprint density at radius 1 is 0.833 bits per heavy atom. The average Bonchev–Trinajstić information content (AvgIpc) is 2.46. The topological polar surface area (TPSA) is 50.4 Å². The first kappa shape index (κ1) is 18.1. The van der Waals surface area contributed by atoms with Crippen LogP contribution in [0.5, 0.6) is 0 Å². The van der Waals surface area contributed by atoms with Gasteiger partial charge >= 0.3 is 0 Å². The molecule has 0 saturated carbocycles. The number of hydrogen-bond acceptors (Lipinski definition) is 1. The second-order valence-electron chi connectivity index (χ2n) is 8.25. The summed E-state index contributed by atoms with van der Waals surface area (Å²) in [5, 5.41) is 3.19. The molecule has 2 aromatic carbocycles. The van der Waals surface area contributed by atoms with Crippen LogP contribution in [0, 0.1) is 0 Å². The van der Waals surface area contributed by atoms with E-state index in [-0.39, 0.29) is 10.8 Å². The molecule has 0 aliphatic rings. The standard InChI is InChI=1S/C21H29N3/c1-20(2,3)15-9-7-11-17(13-15)23-19(22)24-18-12-8-10-16(14-18)21(4,5)6/h7-14H,1-6H3,(H3,22,23,24). The number of nitrogens with zero attached hydrogens (tertiary/aromatic N) is 1. The molecule has 0 aliphatic carbocycles. The summed E-state index contributed by atoms with van der Waals surface area (Å²) in [6.45, 7) is 13.2. The molecule has 128 valence electrons. The Morgan fingerprint density at radius 3 is 1.96 bits per heavy atom. The van der Waals surface area contributed by atoms with E-state index in [1.807, 2.05) is 24.3 Å². The number of hydrogen-bond donors (Lipinski definition) is 2. The molecule has 0 aromatic heterocycles.